The van der Waals surface area contributed by atoms with Crippen LogP contribution in [-0.4, -0.2) is 66.0 Å². The molecule has 0 bridgehead atoms. The van der Waals surface area contributed by atoms with Gasteiger partial charge < -0.3 is 14.7 Å². The Kier molecular flexibility index (Phi) is 7.49. The van der Waals surface area contributed by atoms with Crippen molar-refractivity contribution in [3.8, 4) is 0 Å². The summed E-state index contributed by atoms with van der Waals surface area (Å²) < 4.78 is 5.42. The standard InChI is InChI=1S/C28H34N2O4/c1-19(2)21-9-11-22(12-10-21)25-24(26(31)23-7-5-20(3)6-8-23)27(32)28(33)30(25)14-4-13-29-15-17-34-18-16-29/h5-12,19,25,31H,4,13-18H2,1-3H3/b26-24+/t25-/m1/s1. The average molecular weight is 463 g/mol. The quantitative estimate of drug-likeness (QED) is 0.378. The molecule has 2 fully saturated rings. The monoisotopic (exact) mass is 462 g/mol. The number of ether oxygens (including phenoxy) is 1. The fourth-order valence-corrected chi connectivity index (χ4v) is 4.68. The van der Waals surface area contributed by atoms with Crippen LogP contribution < -0.4 is 0 Å². The van der Waals surface area contributed by atoms with E-state index in [9.17, 15) is 14.7 Å². The number of carbonyl (C=O) groups excluding carboxylic acids is 2. The number of Topliss-reactive ketones (excluding diaryl/α,β-unsaturated/α-hetero) is 1. The Morgan fingerprint density at radius 1 is 1.00 bits per heavy atom. The summed E-state index contributed by atoms with van der Waals surface area (Å²) in [6.45, 7) is 10.7. The van der Waals surface area contributed by atoms with E-state index in [1.807, 2.05) is 43.3 Å². The van der Waals surface area contributed by atoms with Crippen molar-refractivity contribution in [1.82, 2.24) is 9.80 Å². The number of aryl methyl sites for hydroxylation is 1. The number of rotatable bonds is 7. The summed E-state index contributed by atoms with van der Waals surface area (Å²) in [5.41, 5.74) is 3.79. The highest BCUT2D eigenvalue weighted by Crippen LogP contribution is 2.39. The van der Waals surface area contributed by atoms with E-state index in [0.717, 1.165) is 50.4 Å². The van der Waals surface area contributed by atoms with E-state index in [1.165, 1.54) is 5.56 Å². The zero-order chi connectivity index (χ0) is 24.2. The number of nitrogens with zero attached hydrogens (tertiary/aromatic N) is 2. The van der Waals surface area contributed by atoms with Gasteiger partial charge >= 0.3 is 0 Å². The van der Waals surface area contributed by atoms with Crippen LogP contribution in [0.25, 0.3) is 5.76 Å². The van der Waals surface area contributed by atoms with Gasteiger partial charge in [-0.3, -0.25) is 14.5 Å². The molecular weight excluding hydrogens is 428 g/mol. The number of likely N-dealkylation sites (tertiary alicyclic amines) is 1. The SMILES string of the molecule is Cc1ccc(/C(O)=C2\C(=O)C(=O)N(CCCN3CCOCC3)[C@@H]2c2ccc(C(C)C)cc2)cc1. The molecule has 2 saturated heterocycles. The lowest BCUT2D eigenvalue weighted by atomic mass is 9.93. The van der Waals surface area contributed by atoms with Gasteiger partial charge in [0.2, 0.25) is 0 Å². The molecule has 1 amide bonds. The van der Waals surface area contributed by atoms with Crippen molar-refractivity contribution < 1.29 is 19.4 Å². The van der Waals surface area contributed by atoms with Gasteiger partial charge in [-0.25, -0.2) is 0 Å². The summed E-state index contributed by atoms with van der Waals surface area (Å²) >= 11 is 0. The fourth-order valence-electron chi connectivity index (χ4n) is 4.68. The molecular formula is C28H34N2O4. The molecule has 0 unspecified atom stereocenters. The van der Waals surface area contributed by atoms with Gasteiger partial charge in [0.25, 0.3) is 11.7 Å². The van der Waals surface area contributed by atoms with Crippen LogP contribution in [0.3, 0.4) is 0 Å². The van der Waals surface area contributed by atoms with E-state index >= 15 is 0 Å². The van der Waals surface area contributed by atoms with Gasteiger partial charge in [-0.1, -0.05) is 67.9 Å². The molecule has 34 heavy (non-hydrogen) atoms. The first-order chi connectivity index (χ1) is 16.4. The van der Waals surface area contributed by atoms with Gasteiger partial charge in [0.15, 0.2) is 0 Å². The van der Waals surface area contributed by atoms with Crippen LogP contribution in [0.4, 0.5) is 0 Å². The third-order valence-corrected chi connectivity index (χ3v) is 6.76. The van der Waals surface area contributed by atoms with Gasteiger partial charge in [-0.05, 0) is 30.4 Å². The van der Waals surface area contributed by atoms with E-state index in [4.69, 9.17) is 4.74 Å². The number of aliphatic hydroxyl groups is 1. The molecule has 1 atom stereocenters. The van der Waals surface area contributed by atoms with Crippen molar-refractivity contribution in [3.63, 3.8) is 0 Å². The van der Waals surface area contributed by atoms with Crippen LogP contribution >= 0.6 is 0 Å². The van der Waals surface area contributed by atoms with Gasteiger partial charge in [0, 0.05) is 31.7 Å². The van der Waals surface area contributed by atoms with E-state index in [0.29, 0.717) is 18.0 Å². The van der Waals surface area contributed by atoms with Crippen LogP contribution in [0.2, 0.25) is 0 Å². The molecule has 2 aliphatic heterocycles. The molecule has 2 aliphatic rings. The molecule has 4 rings (SSSR count). The topological polar surface area (TPSA) is 70.1 Å². The van der Waals surface area contributed by atoms with E-state index in [-0.39, 0.29) is 11.3 Å². The number of ketones is 1. The normalized spacial score (nSPS) is 20.9. The minimum Gasteiger partial charge on any atom is -0.507 e. The summed E-state index contributed by atoms with van der Waals surface area (Å²) in [6, 6.07) is 14.8. The first-order valence-corrected chi connectivity index (χ1v) is 12.1. The van der Waals surface area contributed by atoms with Crippen LogP contribution in [-0.2, 0) is 14.3 Å². The largest absolute Gasteiger partial charge is 0.507 e. The van der Waals surface area contributed by atoms with Crippen molar-refractivity contribution in [2.24, 2.45) is 0 Å². The molecule has 0 radical (unpaired) electrons. The molecule has 0 saturated carbocycles. The predicted octanol–water partition coefficient (Wildman–Crippen LogP) is 4.26. The third kappa shape index (κ3) is 5.08. The first kappa shape index (κ1) is 24.2. The summed E-state index contributed by atoms with van der Waals surface area (Å²) in [5.74, 6) is -0.913. The predicted molar refractivity (Wildman–Crippen MR) is 133 cm³/mol. The second-order valence-electron chi connectivity index (χ2n) is 9.49. The Bertz CT molecular complexity index is 1050. The Balaban J connectivity index is 1.67. The molecule has 6 nitrogen and oxygen atoms in total. The van der Waals surface area contributed by atoms with Crippen molar-refractivity contribution in [3.05, 3.63) is 76.4 Å². The smallest absolute Gasteiger partial charge is 0.295 e. The van der Waals surface area contributed by atoms with Crippen molar-refractivity contribution in [2.75, 3.05) is 39.4 Å². The number of hydrogen-bond donors (Lipinski definition) is 1. The Morgan fingerprint density at radius 3 is 2.26 bits per heavy atom. The highest BCUT2D eigenvalue weighted by molar-refractivity contribution is 6.46. The first-order valence-electron chi connectivity index (χ1n) is 12.1. The lowest BCUT2D eigenvalue weighted by Gasteiger charge is -2.29. The molecule has 2 aromatic rings. The number of carbonyl (C=O) groups is 2. The third-order valence-electron chi connectivity index (χ3n) is 6.76. The van der Waals surface area contributed by atoms with Crippen LogP contribution in [0.15, 0.2) is 54.1 Å². The van der Waals surface area contributed by atoms with Gasteiger partial charge in [0.05, 0.1) is 24.8 Å². The van der Waals surface area contributed by atoms with Crippen LogP contribution in [0, 0.1) is 6.92 Å². The zero-order valence-corrected chi connectivity index (χ0v) is 20.3. The number of morpholine rings is 1. The minimum absolute atomic E-state index is 0.119. The average Bonchev–Trinajstić information content (AvgIpc) is 3.10. The maximum absolute atomic E-state index is 13.2. The summed E-state index contributed by atoms with van der Waals surface area (Å²) in [7, 11) is 0. The molecule has 0 spiro atoms. The number of amides is 1. The maximum Gasteiger partial charge on any atom is 0.295 e. The fraction of sp³-hybridized carbons (Fsp3) is 0.429. The van der Waals surface area contributed by atoms with E-state index in [1.54, 1.807) is 17.0 Å². The molecule has 180 valence electrons. The lowest BCUT2D eigenvalue weighted by molar-refractivity contribution is -0.140. The molecule has 6 heteroatoms. The molecule has 2 heterocycles. The number of benzene rings is 2. The van der Waals surface area contributed by atoms with Crippen molar-refractivity contribution >= 4 is 17.4 Å². The summed E-state index contributed by atoms with van der Waals surface area (Å²) in [5, 5.41) is 11.2. The highest BCUT2D eigenvalue weighted by Gasteiger charge is 2.45. The lowest BCUT2D eigenvalue weighted by Crippen LogP contribution is -2.38. The van der Waals surface area contributed by atoms with E-state index < -0.39 is 17.7 Å². The van der Waals surface area contributed by atoms with Crippen molar-refractivity contribution in [2.45, 2.75) is 39.2 Å². The van der Waals surface area contributed by atoms with Gasteiger partial charge in [-0.2, -0.15) is 0 Å². The molecule has 0 aliphatic carbocycles. The van der Waals surface area contributed by atoms with Crippen LogP contribution in [0.1, 0.15) is 54.5 Å². The summed E-state index contributed by atoms with van der Waals surface area (Å²) in [4.78, 5) is 30.3. The van der Waals surface area contributed by atoms with Crippen molar-refractivity contribution in [1.29, 1.82) is 0 Å². The second-order valence-corrected chi connectivity index (χ2v) is 9.49. The van der Waals surface area contributed by atoms with Gasteiger partial charge in [0.1, 0.15) is 5.76 Å². The Morgan fingerprint density at radius 2 is 1.65 bits per heavy atom. The summed E-state index contributed by atoms with van der Waals surface area (Å²) in [6.07, 6.45) is 0.748. The minimum atomic E-state index is -0.623. The van der Waals surface area contributed by atoms with E-state index in [2.05, 4.69) is 18.7 Å². The Labute approximate surface area is 201 Å². The van der Waals surface area contributed by atoms with Crippen LogP contribution in [0.5, 0.6) is 0 Å². The Hall–Kier alpha value is -2.96. The number of hydrogen-bond acceptors (Lipinski definition) is 5. The zero-order valence-electron chi connectivity index (χ0n) is 20.3. The second kappa shape index (κ2) is 10.5. The van der Waals surface area contributed by atoms with Gasteiger partial charge in [-0.15, -0.1) is 0 Å². The molecule has 2 aromatic carbocycles. The highest BCUT2D eigenvalue weighted by atomic mass is 16.5. The molecule has 1 N–H and O–H groups in total. The molecule has 0 aromatic heterocycles. The number of aliphatic hydroxyl groups excluding tert-OH is 1. The maximum atomic E-state index is 13.2.